The molecule has 0 atom stereocenters. The van der Waals surface area contributed by atoms with E-state index in [2.05, 4.69) is 4.90 Å². The second-order valence-corrected chi connectivity index (χ2v) is 7.57. The van der Waals surface area contributed by atoms with Crippen LogP contribution in [-0.2, 0) is 4.74 Å². The van der Waals surface area contributed by atoms with E-state index in [9.17, 15) is 13.6 Å². The van der Waals surface area contributed by atoms with Gasteiger partial charge in [-0.15, -0.1) is 0 Å². The highest BCUT2D eigenvalue weighted by Gasteiger charge is 2.35. The number of piperidine rings is 2. The fourth-order valence-electron chi connectivity index (χ4n) is 3.05. The molecule has 0 radical (unpaired) electrons. The monoisotopic (exact) mass is 318 g/mol. The van der Waals surface area contributed by atoms with Crippen LogP contribution in [0.25, 0.3) is 0 Å². The lowest BCUT2D eigenvalue weighted by molar-refractivity contribution is -0.0588. The van der Waals surface area contributed by atoms with E-state index in [0.717, 1.165) is 19.4 Å². The largest absolute Gasteiger partial charge is 0.444 e. The van der Waals surface area contributed by atoms with Crippen LogP contribution in [0.5, 0.6) is 0 Å². The van der Waals surface area contributed by atoms with Crippen molar-refractivity contribution in [2.75, 3.05) is 32.7 Å². The van der Waals surface area contributed by atoms with Crippen molar-refractivity contribution in [2.24, 2.45) is 5.92 Å². The molecule has 6 heteroatoms. The number of carbonyl (C=O) groups is 1. The van der Waals surface area contributed by atoms with E-state index in [-0.39, 0.29) is 18.9 Å². The van der Waals surface area contributed by atoms with E-state index >= 15 is 0 Å². The zero-order valence-corrected chi connectivity index (χ0v) is 13.9. The number of likely N-dealkylation sites (tertiary alicyclic amines) is 2. The number of nitrogens with zero attached hydrogens (tertiary/aromatic N) is 2. The summed E-state index contributed by atoms with van der Waals surface area (Å²) in [6.07, 6.45) is 1.55. The second-order valence-electron chi connectivity index (χ2n) is 7.57. The molecule has 2 saturated heterocycles. The fraction of sp³-hybridized carbons (Fsp3) is 0.938. The Morgan fingerprint density at radius 1 is 1.14 bits per heavy atom. The standard InChI is InChI=1S/C16H28F2N2O2/c1-15(2,3)22-14(21)20-8-4-13(5-9-20)12-19-10-6-16(17,18)7-11-19/h13H,4-12H2,1-3H3. The molecule has 0 spiro atoms. The lowest BCUT2D eigenvalue weighted by Gasteiger charge is -2.37. The highest BCUT2D eigenvalue weighted by atomic mass is 19.3. The van der Waals surface area contributed by atoms with Crippen LogP contribution in [0.4, 0.5) is 13.6 Å². The quantitative estimate of drug-likeness (QED) is 0.782. The Balaban J connectivity index is 1.70. The molecular formula is C16H28F2N2O2. The van der Waals surface area contributed by atoms with Gasteiger partial charge in [-0.3, -0.25) is 0 Å². The van der Waals surface area contributed by atoms with E-state index in [1.54, 1.807) is 4.90 Å². The van der Waals surface area contributed by atoms with Gasteiger partial charge in [0.05, 0.1) is 0 Å². The van der Waals surface area contributed by atoms with Crippen molar-refractivity contribution in [3.8, 4) is 0 Å². The third-order valence-electron chi connectivity index (χ3n) is 4.37. The van der Waals surface area contributed by atoms with Crippen molar-refractivity contribution in [1.29, 1.82) is 0 Å². The zero-order valence-electron chi connectivity index (χ0n) is 13.9. The summed E-state index contributed by atoms with van der Waals surface area (Å²) in [6, 6.07) is 0. The van der Waals surface area contributed by atoms with Gasteiger partial charge < -0.3 is 14.5 Å². The maximum atomic E-state index is 13.1. The number of amides is 1. The number of halogens is 2. The zero-order chi connectivity index (χ0) is 16.4. The van der Waals surface area contributed by atoms with Crippen LogP contribution < -0.4 is 0 Å². The van der Waals surface area contributed by atoms with E-state index < -0.39 is 11.5 Å². The molecule has 0 aromatic rings. The molecular weight excluding hydrogens is 290 g/mol. The van der Waals surface area contributed by atoms with Gasteiger partial charge in [0, 0.05) is 45.6 Å². The van der Waals surface area contributed by atoms with Gasteiger partial charge in [0.25, 0.3) is 5.92 Å². The number of alkyl halides is 2. The molecule has 0 bridgehead atoms. The first-order valence-corrected chi connectivity index (χ1v) is 8.23. The highest BCUT2D eigenvalue weighted by Crippen LogP contribution is 2.29. The van der Waals surface area contributed by atoms with E-state index in [1.807, 2.05) is 20.8 Å². The Morgan fingerprint density at radius 3 is 2.18 bits per heavy atom. The lowest BCUT2D eigenvalue weighted by atomic mass is 9.95. The van der Waals surface area contributed by atoms with Gasteiger partial charge in [-0.1, -0.05) is 0 Å². The van der Waals surface area contributed by atoms with Crippen LogP contribution in [-0.4, -0.2) is 60.1 Å². The summed E-state index contributed by atoms with van der Waals surface area (Å²) in [5.41, 5.74) is -0.465. The first-order chi connectivity index (χ1) is 10.1. The van der Waals surface area contributed by atoms with Crippen LogP contribution in [0.1, 0.15) is 46.5 Å². The minimum absolute atomic E-state index is 0.0241. The summed E-state index contributed by atoms with van der Waals surface area (Å²) in [5.74, 6) is -1.98. The molecule has 2 aliphatic heterocycles. The van der Waals surface area contributed by atoms with Crippen LogP contribution >= 0.6 is 0 Å². The molecule has 2 rings (SSSR count). The maximum absolute atomic E-state index is 13.1. The Bertz CT molecular complexity index is 378. The average molecular weight is 318 g/mol. The van der Waals surface area contributed by atoms with Gasteiger partial charge in [0.15, 0.2) is 0 Å². The van der Waals surface area contributed by atoms with Crippen LogP contribution in [0.3, 0.4) is 0 Å². The first-order valence-electron chi connectivity index (χ1n) is 8.23. The van der Waals surface area contributed by atoms with Crippen LogP contribution in [0, 0.1) is 5.92 Å². The molecule has 0 aromatic carbocycles. The maximum Gasteiger partial charge on any atom is 0.410 e. The number of ether oxygens (including phenoxy) is 1. The van der Waals surface area contributed by atoms with E-state index in [1.165, 1.54) is 0 Å². The Kier molecular flexibility index (Phi) is 5.30. The molecule has 128 valence electrons. The molecule has 0 aromatic heterocycles. The van der Waals surface area contributed by atoms with Crippen molar-refractivity contribution >= 4 is 6.09 Å². The van der Waals surface area contributed by atoms with Gasteiger partial charge in [-0.25, -0.2) is 13.6 Å². The number of hydrogen-bond donors (Lipinski definition) is 0. The summed E-state index contributed by atoms with van der Waals surface area (Å²) in [7, 11) is 0. The fourth-order valence-corrected chi connectivity index (χ4v) is 3.05. The Hall–Kier alpha value is -0.910. The topological polar surface area (TPSA) is 32.8 Å². The van der Waals surface area contributed by atoms with Gasteiger partial charge in [0.1, 0.15) is 5.60 Å². The van der Waals surface area contributed by atoms with Gasteiger partial charge >= 0.3 is 6.09 Å². The smallest absolute Gasteiger partial charge is 0.410 e. The molecule has 0 aliphatic carbocycles. The van der Waals surface area contributed by atoms with E-state index in [0.29, 0.717) is 32.1 Å². The number of hydrogen-bond acceptors (Lipinski definition) is 3. The Morgan fingerprint density at radius 2 is 1.68 bits per heavy atom. The van der Waals surface area contributed by atoms with E-state index in [4.69, 9.17) is 4.74 Å². The summed E-state index contributed by atoms with van der Waals surface area (Å²) in [5, 5.41) is 0. The average Bonchev–Trinajstić information content (AvgIpc) is 2.40. The van der Waals surface area contributed by atoms with Crippen molar-refractivity contribution in [3.63, 3.8) is 0 Å². The Labute approximate surface area is 131 Å². The summed E-state index contributed by atoms with van der Waals surface area (Å²) in [4.78, 5) is 15.9. The second kappa shape index (κ2) is 6.69. The molecule has 2 aliphatic rings. The molecule has 0 saturated carbocycles. The summed E-state index contributed by atoms with van der Waals surface area (Å²) in [6.45, 7) is 8.83. The lowest BCUT2D eigenvalue weighted by Crippen LogP contribution is -2.46. The normalized spacial score (nSPS) is 24.3. The third kappa shape index (κ3) is 5.38. The predicted octanol–water partition coefficient (Wildman–Crippen LogP) is 3.36. The van der Waals surface area contributed by atoms with Gasteiger partial charge in [-0.05, 0) is 39.5 Å². The predicted molar refractivity (Wildman–Crippen MR) is 81.2 cm³/mol. The minimum atomic E-state index is -2.48. The summed E-state index contributed by atoms with van der Waals surface area (Å²) < 4.78 is 31.7. The third-order valence-corrected chi connectivity index (χ3v) is 4.37. The summed E-state index contributed by atoms with van der Waals surface area (Å²) >= 11 is 0. The van der Waals surface area contributed by atoms with Crippen molar-refractivity contribution in [3.05, 3.63) is 0 Å². The first kappa shape index (κ1) is 17.4. The molecule has 2 fully saturated rings. The molecule has 4 nitrogen and oxygen atoms in total. The van der Waals surface area contributed by atoms with Crippen molar-refractivity contribution < 1.29 is 18.3 Å². The SMILES string of the molecule is CC(C)(C)OC(=O)N1CCC(CN2CCC(F)(F)CC2)CC1. The van der Waals surface area contributed by atoms with Crippen molar-refractivity contribution in [2.45, 2.75) is 58.0 Å². The minimum Gasteiger partial charge on any atom is -0.444 e. The van der Waals surface area contributed by atoms with Gasteiger partial charge in [0.2, 0.25) is 0 Å². The highest BCUT2D eigenvalue weighted by molar-refractivity contribution is 5.68. The number of rotatable bonds is 2. The number of carbonyl (C=O) groups excluding carboxylic acids is 1. The molecule has 2 heterocycles. The van der Waals surface area contributed by atoms with Crippen LogP contribution in [0.15, 0.2) is 0 Å². The molecule has 0 N–H and O–H groups in total. The molecule has 22 heavy (non-hydrogen) atoms. The van der Waals surface area contributed by atoms with Crippen LogP contribution in [0.2, 0.25) is 0 Å². The van der Waals surface area contributed by atoms with Crippen molar-refractivity contribution in [1.82, 2.24) is 9.80 Å². The van der Waals surface area contributed by atoms with Gasteiger partial charge in [-0.2, -0.15) is 0 Å². The molecule has 0 unspecified atom stereocenters. The molecule has 1 amide bonds.